The molecular weight excluding hydrogens is 378 g/mol. The van der Waals surface area contributed by atoms with E-state index in [9.17, 15) is 27.5 Å². The Balaban J connectivity index is 1.95. The second kappa shape index (κ2) is 6.65. The van der Waals surface area contributed by atoms with E-state index in [2.05, 4.69) is 10.1 Å². The number of phenols is 1. The third-order valence-electron chi connectivity index (χ3n) is 5.24. The summed E-state index contributed by atoms with van der Waals surface area (Å²) in [5.74, 6) is -1.52. The lowest BCUT2D eigenvalue weighted by Crippen LogP contribution is -2.18. The monoisotopic (exact) mass is 395 g/mol. The first-order valence-electron chi connectivity index (χ1n) is 8.97. The minimum Gasteiger partial charge on any atom is -0.507 e. The molecule has 9 heteroatoms. The molecule has 2 N–H and O–H groups in total. The quantitative estimate of drug-likeness (QED) is 0.623. The van der Waals surface area contributed by atoms with E-state index in [1.165, 1.54) is 6.07 Å². The zero-order valence-corrected chi connectivity index (χ0v) is 14.7. The van der Waals surface area contributed by atoms with E-state index < -0.39 is 29.0 Å². The predicted molar refractivity (Wildman–Crippen MR) is 93.7 cm³/mol. The van der Waals surface area contributed by atoms with Crippen molar-refractivity contribution in [3.63, 3.8) is 0 Å². The fraction of sp³-hybridized carbons (Fsp3) is 0.368. The molecule has 5 nitrogen and oxygen atoms in total. The third kappa shape index (κ3) is 3.04. The maximum Gasteiger partial charge on any atom is 0.433 e. The summed E-state index contributed by atoms with van der Waals surface area (Å²) >= 11 is 0. The van der Waals surface area contributed by atoms with Crippen molar-refractivity contribution < 1.29 is 22.7 Å². The van der Waals surface area contributed by atoms with Crippen molar-refractivity contribution in [3.05, 3.63) is 51.8 Å². The van der Waals surface area contributed by atoms with Gasteiger partial charge in [-0.05, 0) is 30.9 Å². The van der Waals surface area contributed by atoms with Gasteiger partial charge in [-0.3, -0.25) is 9.89 Å². The summed E-state index contributed by atoms with van der Waals surface area (Å²) in [5, 5.41) is 12.1. The van der Waals surface area contributed by atoms with Gasteiger partial charge in [-0.1, -0.05) is 19.3 Å². The van der Waals surface area contributed by atoms with Crippen LogP contribution in [0, 0.1) is 5.82 Å². The minimum atomic E-state index is -4.66. The van der Waals surface area contributed by atoms with Gasteiger partial charge in [-0.15, -0.1) is 0 Å². The van der Waals surface area contributed by atoms with Crippen LogP contribution in [-0.2, 0) is 6.18 Å². The normalized spacial score (nSPS) is 16.0. The molecule has 0 spiro atoms. The van der Waals surface area contributed by atoms with Crippen LogP contribution in [-0.4, -0.2) is 19.7 Å². The van der Waals surface area contributed by atoms with E-state index in [1.807, 2.05) is 0 Å². The second-order valence-corrected chi connectivity index (χ2v) is 7.03. The Labute approximate surface area is 156 Å². The van der Waals surface area contributed by atoms with E-state index in [-0.39, 0.29) is 28.3 Å². The number of halogens is 4. The molecule has 1 fully saturated rings. The number of hydrogen-bond donors (Lipinski definition) is 2. The molecule has 28 heavy (non-hydrogen) atoms. The van der Waals surface area contributed by atoms with E-state index in [0.29, 0.717) is 12.8 Å². The maximum absolute atomic E-state index is 13.6. The van der Waals surface area contributed by atoms with Crippen molar-refractivity contribution in [3.8, 4) is 16.9 Å². The first-order chi connectivity index (χ1) is 13.3. The minimum absolute atomic E-state index is 0.00400. The van der Waals surface area contributed by atoms with Gasteiger partial charge in [0, 0.05) is 23.4 Å². The van der Waals surface area contributed by atoms with Crippen LogP contribution < -0.4 is 5.56 Å². The molecule has 1 saturated carbocycles. The van der Waals surface area contributed by atoms with Gasteiger partial charge in [0.05, 0.1) is 5.56 Å². The van der Waals surface area contributed by atoms with E-state index >= 15 is 0 Å². The SMILES string of the molecule is O=c1c(-c2ccc(F)cc2O)cnc2c(C3CCCCC3)c(C(F)(F)F)[nH]n12. The number of aromatic hydroxyl groups is 1. The lowest BCUT2D eigenvalue weighted by Gasteiger charge is -2.22. The summed E-state index contributed by atoms with van der Waals surface area (Å²) in [6, 6.07) is 3.06. The number of aromatic nitrogens is 3. The number of hydrogen-bond acceptors (Lipinski definition) is 3. The maximum atomic E-state index is 13.6. The van der Waals surface area contributed by atoms with Crippen LogP contribution in [0.3, 0.4) is 0 Å². The third-order valence-corrected chi connectivity index (χ3v) is 5.24. The van der Waals surface area contributed by atoms with Crippen molar-refractivity contribution in [1.82, 2.24) is 14.6 Å². The summed E-state index contributed by atoms with van der Waals surface area (Å²) in [6.07, 6.45) is 0.299. The van der Waals surface area contributed by atoms with Gasteiger partial charge in [0.2, 0.25) is 0 Å². The Kier molecular flexibility index (Phi) is 4.40. The molecule has 0 bridgehead atoms. The lowest BCUT2D eigenvalue weighted by molar-refractivity contribution is -0.142. The molecule has 0 amide bonds. The number of rotatable bonds is 2. The molecule has 0 radical (unpaired) electrons. The summed E-state index contributed by atoms with van der Waals surface area (Å²) in [4.78, 5) is 17.0. The molecule has 148 valence electrons. The van der Waals surface area contributed by atoms with Gasteiger partial charge in [-0.25, -0.2) is 13.9 Å². The standard InChI is InChI=1S/C19H17F4N3O2/c20-11-6-7-12(14(27)8-11)13-9-24-17-15(10-4-2-1-3-5-10)16(19(21,22)23)25-26(17)18(13)28/h6-10,25,27H,1-5H2. The number of phenolic OH excluding ortho intramolecular Hbond substituents is 1. The Hall–Kier alpha value is -2.84. The van der Waals surface area contributed by atoms with E-state index in [0.717, 1.165) is 42.1 Å². The highest BCUT2D eigenvalue weighted by Crippen LogP contribution is 2.41. The van der Waals surface area contributed by atoms with E-state index in [4.69, 9.17) is 0 Å². The van der Waals surface area contributed by atoms with Gasteiger partial charge in [-0.2, -0.15) is 13.2 Å². The van der Waals surface area contributed by atoms with E-state index in [1.54, 1.807) is 0 Å². The average Bonchev–Trinajstić information content (AvgIpc) is 3.04. The van der Waals surface area contributed by atoms with Crippen molar-refractivity contribution in [1.29, 1.82) is 0 Å². The number of nitrogens with zero attached hydrogens (tertiary/aromatic N) is 2. The summed E-state index contributed by atoms with van der Waals surface area (Å²) in [5.41, 5.74) is -1.94. The smallest absolute Gasteiger partial charge is 0.433 e. The zero-order valence-electron chi connectivity index (χ0n) is 14.7. The van der Waals surface area contributed by atoms with Crippen molar-refractivity contribution in [2.75, 3.05) is 0 Å². The van der Waals surface area contributed by atoms with Gasteiger partial charge < -0.3 is 5.11 Å². The molecular formula is C19H17F4N3O2. The van der Waals surface area contributed by atoms with Gasteiger partial charge in [0.1, 0.15) is 17.3 Å². The Morgan fingerprint density at radius 1 is 1.14 bits per heavy atom. The average molecular weight is 395 g/mol. The fourth-order valence-corrected chi connectivity index (χ4v) is 3.94. The van der Waals surface area contributed by atoms with Crippen molar-refractivity contribution in [2.45, 2.75) is 44.2 Å². The highest BCUT2D eigenvalue weighted by Gasteiger charge is 2.40. The fourth-order valence-electron chi connectivity index (χ4n) is 3.94. The zero-order chi connectivity index (χ0) is 20.1. The number of H-pyrrole nitrogens is 1. The summed E-state index contributed by atoms with van der Waals surface area (Å²) in [7, 11) is 0. The van der Waals surface area contributed by atoms with Crippen LogP contribution in [0.2, 0.25) is 0 Å². The highest BCUT2D eigenvalue weighted by atomic mass is 19.4. The number of alkyl halides is 3. The molecule has 4 rings (SSSR count). The Morgan fingerprint density at radius 2 is 1.86 bits per heavy atom. The molecule has 2 aromatic heterocycles. The largest absolute Gasteiger partial charge is 0.507 e. The van der Waals surface area contributed by atoms with Crippen LogP contribution in [0.1, 0.15) is 49.3 Å². The first-order valence-corrected chi connectivity index (χ1v) is 8.97. The van der Waals surface area contributed by atoms with Crippen LogP contribution in [0.5, 0.6) is 5.75 Å². The number of nitrogens with one attached hydrogen (secondary N) is 1. The molecule has 3 aromatic rings. The molecule has 0 saturated heterocycles. The summed E-state index contributed by atoms with van der Waals surface area (Å²) < 4.78 is 54.9. The van der Waals surface area contributed by atoms with Crippen LogP contribution in [0.25, 0.3) is 16.8 Å². The topological polar surface area (TPSA) is 70.4 Å². The molecule has 0 aliphatic heterocycles. The lowest BCUT2D eigenvalue weighted by atomic mass is 9.84. The van der Waals surface area contributed by atoms with Gasteiger partial charge in [0.15, 0.2) is 5.65 Å². The van der Waals surface area contributed by atoms with Crippen molar-refractivity contribution in [2.24, 2.45) is 0 Å². The molecule has 1 aliphatic carbocycles. The van der Waals surface area contributed by atoms with Crippen LogP contribution >= 0.6 is 0 Å². The second-order valence-electron chi connectivity index (χ2n) is 7.03. The Morgan fingerprint density at radius 3 is 2.50 bits per heavy atom. The molecule has 0 unspecified atom stereocenters. The Bertz CT molecular complexity index is 1090. The molecule has 1 aromatic carbocycles. The number of fused-ring (bicyclic) bond motifs is 1. The molecule has 1 aliphatic rings. The van der Waals surface area contributed by atoms with Crippen LogP contribution in [0.4, 0.5) is 17.6 Å². The summed E-state index contributed by atoms with van der Waals surface area (Å²) in [6.45, 7) is 0. The van der Waals surface area contributed by atoms with Crippen LogP contribution in [0.15, 0.2) is 29.2 Å². The predicted octanol–water partition coefficient (Wildman–Crippen LogP) is 4.60. The molecule has 2 heterocycles. The first kappa shape index (κ1) is 18.5. The highest BCUT2D eigenvalue weighted by molar-refractivity contribution is 5.70. The van der Waals surface area contributed by atoms with Crippen molar-refractivity contribution >= 4 is 5.65 Å². The van der Waals surface area contributed by atoms with Gasteiger partial charge in [0.25, 0.3) is 5.56 Å². The number of benzene rings is 1. The number of aromatic amines is 1. The molecule has 0 atom stereocenters. The van der Waals surface area contributed by atoms with Gasteiger partial charge >= 0.3 is 6.18 Å².